The lowest BCUT2D eigenvalue weighted by atomic mass is 10.0. The molecular weight excluding hydrogens is 384 g/mol. The Morgan fingerprint density at radius 1 is 1.35 bits per heavy atom. The Kier molecular flexibility index (Phi) is 4.81. The summed E-state index contributed by atoms with van der Waals surface area (Å²) in [5.41, 5.74) is 3.74. The van der Waals surface area contributed by atoms with Crippen LogP contribution in [0.1, 0.15) is 34.2 Å². The summed E-state index contributed by atoms with van der Waals surface area (Å²) in [6.45, 7) is 4.06. The van der Waals surface area contributed by atoms with Gasteiger partial charge in [-0.2, -0.15) is 5.10 Å². The van der Waals surface area contributed by atoms with Gasteiger partial charge in [0.25, 0.3) is 0 Å². The summed E-state index contributed by atoms with van der Waals surface area (Å²) in [6, 6.07) is 5.78. The van der Waals surface area contributed by atoms with Crippen LogP contribution < -0.4 is 0 Å². The normalized spacial score (nSPS) is 10.8. The highest BCUT2D eigenvalue weighted by Gasteiger charge is 2.18. The predicted octanol–water partition coefficient (Wildman–Crippen LogP) is 4.24. The van der Waals surface area contributed by atoms with Crippen LogP contribution in [0.3, 0.4) is 0 Å². The number of hydrogen-bond acceptors (Lipinski definition) is 2. The fraction of sp³-hybridized carbons (Fsp3) is 0.333. The van der Waals surface area contributed by atoms with Gasteiger partial charge in [0.1, 0.15) is 0 Å². The van der Waals surface area contributed by atoms with Crippen molar-refractivity contribution in [2.75, 3.05) is 0 Å². The van der Waals surface area contributed by atoms with Gasteiger partial charge in [-0.05, 0) is 47.0 Å². The van der Waals surface area contributed by atoms with Gasteiger partial charge in [-0.25, -0.2) is 0 Å². The molecule has 0 radical (unpaired) electrons. The second-order valence-electron chi connectivity index (χ2n) is 4.77. The third-order valence-corrected chi connectivity index (χ3v) is 4.83. The summed E-state index contributed by atoms with van der Waals surface area (Å²) in [5.74, 6) is 0.0863. The molecule has 5 heteroatoms. The fourth-order valence-electron chi connectivity index (χ4n) is 2.11. The van der Waals surface area contributed by atoms with Gasteiger partial charge in [0.15, 0.2) is 5.78 Å². The Morgan fingerprint density at radius 2 is 2.05 bits per heavy atom. The van der Waals surface area contributed by atoms with E-state index in [2.05, 4.69) is 43.9 Å². The van der Waals surface area contributed by atoms with Crippen LogP contribution in [0.5, 0.6) is 0 Å². The molecule has 0 unspecified atom stereocenters. The Labute approximate surface area is 135 Å². The lowest BCUT2D eigenvalue weighted by Crippen LogP contribution is -2.09. The molecule has 0 atom stereocenters. The molecule has 106 valence electrons. The Balaban J connectivity index is 2.30. The van der Waals surface area contributed by atoms with Crippen molar-refractivity contribution in [3.8, 4) is 0 Å². The lowest BCUT2D eigenvalue weighted by molar-refractivity contribution is 0.0990. The van der Waals surface area contributed by atoms with E-state index < -0.39 is 0 Å². The second-order valence-corrected chi connectivity index (χ2v) is 6.42. The molecular formula is C15H16Br2N2O. The number of benzene rings is 1. The highest BCUT2D eigenvalue weighted by molar-refractivity contribution is 9.10. The van der Waals surface area contributed by atoms with Gasteiger partial charge in [0, 0.05) is 17.1 Å². The minimum Gasteiger partial charge on any atom is -0.294 e. The number of rotatable bonds is 4. The SMILES string of the molecule is CCc1nn(C)c(CC(=O)c2ccc(C)cc2Br)c1Br. The van der Waals surface area contributed by atoms with Gasteiger partial charge in [-0.1, -0.05) is 28.9 Å². The van der Waals surface area contributed by atoms with E-state index in [9.17, 15) is 4.79 Å². The number of nitrogens with zero attached hydrogens (tertiary/aromatic N) is 2. The molecule has 0 spiro atoms. The second kappa shape index (κ2) is 6.22. The number of aryl methyl sites for hydroxylation is 3. The molecule has 20 heavy (non-hydrogen) atoms. The summed E-state index contributed by atoms with van der Waals surface area (Å²) in [7, 11) is 1.87. The van der Waals surface area contributed by atoms with Crippen LogP contribution in [-0.2, 0) is 19.9 Å². The highest BCUT2D eigenvalue weighted by Crippen LogP contribution is 2.25. The van der Waals surface area contributed by atoms with Crippen molar-refractivity contribution in [3.63, 3.8) is 0 Å². The minimum absolute atomic E-state index is 0.0863. The first kappa shape index (κ1) is 15.4. The number of hydrogen-bond donors (Lipinski definition) is 0. The van der Waals surface area contributed by atoms with Gasteiger partial charge in [0.05, 0.1) is 22.3 Å². The molecule has 1 heterocycles. The van der Waals surface area contributed by atoms with Crippen molar-refractivity contribution in [1.82, 2.24) is 9.78 Å². The topological polar surface area (TPSA) is 34.9 Å². The first-order valence-corrected chi connectivity index (χ1v) is 8.02. The van der Waals surface area contributed by atoms with Crippen molar-refractivity contribution in [2.24, 2.45) is 7.05 Å². The average Bonchev–Trinajstić information content (AvgIpc) is 2.66. The van der Waals surface area contributed by atoms with Crippen LogP contribution in [0.2, 0.25) is 0 Å². The molecule has 3 nitrogen and oxygen atoms in total. The maximum Gasteiger partial charge on any atom is 0.169 e. The van der Waals surface area contributed by atoms with Crippen molar-refractivity contribution in [2.45, 2.75) is 26.7 Å². The largest absolute Gasteiger partial charge is 0.294 e. The number of Topliss-reactive ketones (excluding diaryl/α,β-unsaturated/α-hetero) is 1. The zero-order valence-electron chi connectivity index (χ0n) is 11.7. The van der Waals surface area contributed by atoms with Gasteiger partial charge in [-0.3, -0.25) is 9.48 Å². The van der Waals surface area contributed by atoms with Crippen LogP contribution >= 0.6 is 31.9 Å². The molecule has 1 aromatic carbocycles. The van der Waals surface area contributed by atoms with E-state index in [-0.39, 0.29) is 5.78 Å². The molecule has 0 N–H and O–H groups in total. The zero-order chi connectivity index (χ0) is 14.9. The predicted molar refractivity (Wildman–Crippen MR) is 87.2 cm³/mol. The van der Waals surface area contributed by atoms with E-state index in [0.717, 1.165) is 32.3 Å². The molecule has 0 saturated carbocycles. The Hall–Kier alpha value is -0.940. The van der Waals surface area contributed by atoms with Gasteiger partial charge < -0.3 is 0 Å². The summed E-state index contributed by atoms with van der Waals surface area (Å²) in [4.78, 5) is 12.5. The third-order valence-electron chi connectivity index (χ3n) is 3.26. The van der Waals surface area contributed by atoms with Gasteiger partial charge in [-0.15, -0.1) is 0 Å². The number of ketones is 1. The van der Waals surface area contributed by atoms with E-state index in [1.807, 2.05) is 32.2 Å². The molecule has 0 saturated heterocycles. The van der Waals surface area contributed by atoms with Gasteiger partial charge >= 0.3 is 0 Å². The first-order chi connectivity index (χ1) is 9.43. The smallest absolute Gasteiger partial charge is 0.169 e. The molecule has 0 aliphatic heterocycles. The van der Waals surface area contributed by atoms with E-state index in [1.165, 1.54) is 0 Å². The van der Waals surface area contributed by atoms with E-state index >= 15 is 0 Å². The third kappa shape index (κ3) is 3.04. The van der Waals surface area contributed by atoms with Crippen molar-refractivity contribution in [3.05, 3.63) is 49.7 Å². The summed E-state index contributed by atoms with van der Waals surface area (Å²) in [6.07, 6.45) is 1.18. The molecule has 0 amide bonds. The number of halogens is 2. The lowest BCUT2D eigenvalue weighted by Gasteiger charge is -2.06. The molecule has 2 rings (SSSR count). The molecule has 1 aromatic heterocycles. The van der Waals surface area contributed by atoms with Crippen LogP contribution in [0.25, 0.3) is 0 Å². The standard InChI is InChI=1S/C15H16Br2N2O/c1-4-12-15(17)13(19(3)18-12)8-14(20)10-6-5-9(2)7-11(10)16/h5-7H,4,8H2,1-3H3. The molecule has 0 fully saturated rings. The van der Waals surface area contributed by atoms with Crippen molar-refractivity contribution in [1.29, 1.82) is 0 Å². The van der Waals surface area contributed by atoms with Crippen LogP contribution in [0, 0.1) is 6.92 Å². The molecule has 0 aliphatic carbocycles. The molecule has 2 aromatic rings. The summed E-state index contributed by atoms with van der Waals surface area (Å²) in [5, 5.41) is 4.42. The quantitative estimate of drug-likeness (QED) is 0.720. The monoisotopic (exact) mass is 398 g/mol. The first-order valence-electron chi connectivity index (χ1n) is 6.43. The van der Waals surface area contributed by atoms with Crippen LogP contribution in [0.15, 0.2) is 27.1 Å². The summed E-state index contributed by atoms with van der Waals surface area (Å²) >= 11 is 7.01. The van der Waals surface area contributed by atoms with Crippen molar-refractivity contribution >= 4 is 37.6 Å². The number of aromatic nitrogens is 2. The van der Waals surface area contributed by atoms with Crippen LogP contribution in [-0.4, -0.2) is 15.6 Å². The maximum absolute atomic E-state index is 12.5. The van der Waals surface area contributed by atoms with E-state index in [4.69, 9.17) is 0 Å². The minimum atomic E-state index is 0.0863. The average molecular weight is 400 g/mol. The fourth-order valence-corrected chi connectivity index (χ4v) is 3.58. The maximum atomic E-state index is 12.5. The molecule has 0 bridgehead atoms. The highest BCUT2D eigenvalue weighted by atomic mass is 79.9. The van der Waals surface area contributed by atoms with Crippen molar-refractivity contribution < 1.29 is 4.79 Å². The summed E-state index contributed by atoms with van der Waals surface area (Å²) < 4.78 is 3.57. The zero-order valence-corrected chi connectivity index (χ0v) is 14.9. The molecule has 0 aliphatic rings. The Bertz CT molecular complexity index is 662. The van der Waals surface area contributed by atoms with Crippen LogP contribution in [0.4, 0.5) is 0 Å². The number of carbonyl (C=O) groups is 1. The van der Waals surface area contributed by atoms with E-state index in [0.29, 0.717) is 12.0 Å². The Morgan fingerprint density at radius 3 is 2.60 bits per heavy atom. The van der Waals surface area contributed by atoms with Gasteiger partial charge in [0.2, 0.25) is 0 Å². The number of carbonyl (C=O) groups excluding carboxylic acids is 1. The van der Waals surface area contributed by atoms with E-state index in [1.54, 1.807) is 4.68 Å².